The lowest BCUT2D eigenvalue weighted by Crippen LogP contribution is -2.38. The molecule has 0 aliphatic heterocycles. The van der Waals surface area contributed by atoms with Crippen LogP contribution in [-0.2, 0) is 23.1 Å². The third-order valence-electron chi connectivity index (χ3n) is 4.83. The molecule has 7 heteroatoms. The number of rotatable bonds is 7. The van der Waals surface area contributed by atoms with Gasteiger partial charge in [0.2, 0.25) is 10.0 Å². The van der Waals surface area contributed by atoms with E-state index in [-0.39, 0.29) is 6.04 Å². The largest absolute Gasteiger partial charge is 0.352 e. The van der Waals surface area contributed by atoms with Crippen molar-refractivity contribution in [1.82, 2.24) is 14.9 Å². The Labute approximate surface area is 167 Å². The second kappa shape index (κ2) is 8.75. The van der Waals surface area contributed by atoms with Crippen LogP contribution in [0, 0.1) is 6.92 Å². The van der Waals surface area contributed by atoms with Gasteiger partial charge in [0.1, 0.15) is 0 Å². The maximum absolute atomic E-state index is 12.2. The Balaban J connectivity index is 1.58. The molecular formula is C21H28N4O2S. The molecule has 1 aliphatic carbocycles. The Bertz CT molecular complexity index is 935. The van der Waals surface area contributed by atoms with E-state index in [0.29, 0.717) is 11.4 Å². The van der Waals surface area contributed by atoms with Crippen LogP contribution in [0.2, 0.25) is 0 Å². The van der Waals surface area contributed by atoms with Crippen molar-refractivity contribution in [2.75, 3.05) is 14.1 Å². The smallest absolute Gasteiger partial charge is 0.240 e. The van der Waals surface area contributed by atoms with Gasteiger partial charge in [-0.1, -0.05) is 36.4 Å². The molecule has 0 bridgehead atoms. The van der Waals surface area contributed by atoms with E-state index < -0.39 is 10.0 Å². The highest BCUT2D eigenvalue weighted by atomic mass is 32.2. The highest BCUT2D eigenvalue weighted by Crippen LogP contribution is 2.22. The second-order valence-corrected chi connectivity index (χ2v) is 8.94. The normalized spacial score (nSPS) is 14.8. The second-order valence-electron chi connectivity index (χ2n) is 7.22. The van der Waals surface area contributed by atoms with Crippen molar-refractivity contribution in [3.8, 4) is 0 Å². The van der Waals surface area contributed by atoms with E-state index in [2.05, 4.69) is 39.0 Å². The Morgan fingerprint density at radius 2 is 1.82 bits per heavy atom. The molecule has 1 fully saturated rings. The van der Waals surface area contributed by atoms with Gasteiger partial charge in [-0.2, -0.15) is 0 Å². The minimum absolute atomic E-state index is 0.110. The van der Waals surface area contributed by atoms with Crippen LogP contribution in [0.3, 0.4) is 0 Å². The third kappa shape index (κ3) is 5.33. The molecule has 0 radical (unpaired) electrons. The van der Waals surface area contributed by atoms with Crippen LogP contribution in [0.5, 0.6) is 0 Å². The molecule has 0 saturated heterocycles. The molecule has 0 aromatic heterocycles. The highest BCUT2D eigenvalue weighted by molar-refractivity contribution is 7.89. The van der Waals surface area contributed by atoms with Crippen LogP contribution < -0.4 is 10.0 Å². The Kier molecular flexibility index (Phi) is 6.36. The number of sulfonamides is 1. The van der Waals surface area contributed by atoms with Gasteiger partial charge >= 0.3 is 0 Å². The predicted molar refractivity (Wildman–Crippen MR) is 113 cm³/mol. The first-order chi connectivity index (χ1) is 13.4. The molecule has 1 aliphatic rings. The van der Waals surface area contributed by atoms with Crippen molar-refractivity contribution in [3.63, 3.8) is 0 Å². The minimum Gasteiger partial charge on any atom is -0.352 e. The van der Waals surface area contributed by atoms with Crippen molar-refractivity contribution < 1.29 is 8.42 Å². The molecule has 1 saturated carbocycles. The summed E-state index contributed by atoms with van der Waals surface area (Å²) in [7, 11) is 0.357. The van der Waals surface area contributed by atoms with Gasteiger partial charge in [0, 0.05) is 33.2 Å². The van der Waals surface area contributed by atoms with Crippen molar-refractivity contribution in [2.24, 2.45) is 4.99 Å². The molecule has 0 heterocycles. The van der Waals surface area contributed by atoms with E-state index in [4.69, 9.17) is 0 Å². The summed E-state index contributed by atoms with van der Waals surface area (Å²) >= 11 is 0. The van der Waals surface area contributed by atoms with Crippen molar-refractivity contribution in [3.05, 3.63) is 65.2 Å². The van der Waals surface area contributed by atoms with Crippen LogP contribution in [0.15, 0.2) is 58.4 Å². The standard InChI is InChI=1S/C21H28N4O2S/c1-16-6-4-5-7-18(16)15-25(3)21(22-2)23-14-17-8-12-20(13-9-17)28(26,27)24-19-10-11-19/h4-9,12-13,19,24H,10-11,14-15H2,1-3H3,(H,22,23). The van der Waals surface area contributed by atoms with Gasteiger partial charge < -0.3 is 10.2 Å². The van der Waals surface area contributed by atoms with E-state index in [1.807, 2.05) is 31.3 Å². The summed E-state index contributed by atoms with van der Waals surface area (Å²) in [6, 6.07) is 15.4. The first-order valence-corrected chi connectivity index (χ1v) is 10.9. The number of hydrogen-bond donors (Lipinski definition) is 2. The number of guanidine groups is 1. The zero-order valence-electron chi connectivity index (χ0n) is 16.6. The van der Waals surface area contributed by atoms with Gasteiger partial charge in [-0.05, 0) is 48.6 Å². The summed E-state index contributed by atoms with van der Waals surface area (Å²) in [5, 5.41) is 3.34. The fourth-order valence-corrected chi connectivity index (χ4v) is 4.26. The molecule has 0 spiro atoms. The van der Waals surface area contributed by atoms with E-state index in [1.54, 1.807) is 19.2 Å². The topological polar surface area (TPSA) is 73.8 Å². The first kappa shape index (κ1) is 20.4. The maximum atomic E-state index is 12.2. The summed E-state index contributed by atoms with van der Waals surface area (Å²) < 4.78 is 27.2. The maximum Gasteiger partial charge on any atom is 0.240 e. The van der Waals surface area contributed by atoms with Gasteiger partial charge in [0.05, 0.1) is 4.90 Å². The average molecular weight is 401 g/mol. The zero-order valence-corrected chi connectivity index (χ0v) is 17.5. The van der Waals surface area contributed by atoms with Crippen LogP contribution in [0.4, 0.5) is 0 Å². The lowest BCUT2D eigenvalue weighted by atomic mass is 10.1. The van der Waals surface area contributed by atoms with Gasteiger partial charge in [-0.3, -0.25) is 4.99 Å². The SMILES string of the molecule is CN=C(NCc1ccc(S(=O)(=O)NC2CC2)cc1)N(C)Cc1ccccc1C. The molecule has 150 valence electrons. The van der Waals surface area contributed by atoms with Gasteiger partial charge in [-0.15, -0.1) is 0 Å². The van der Waals surface area contributed by atoms with Gasteiger partial charge in [-0.25, -0.2) is 13.1 Å². The van der Waals surface area contributed by atoms with Crippen molar-refractivity contribution in [1.29, 1.82) is 0 Å². The minimum atomic E-state index is -3.40. The first-order valence-electron chi connectivity index (χ1n) is 9.46. The van der Waals surface area contributed by atoms with E-state index >= 15 is 0 Å². The summed E-state index contributed by atoms with van der Waals surface area (Å²) in [5.74, 6) is 0.787. The molecular weight excluding hydrogens is 372 g/mol. The quantitative estimate of drug-likeness (QED) is 0.554. The van der Waals surface area contributed by atoms with Gasteiger partial charge in [0.25, 0.3) is 0 Å². The molecule has 0 atom stereocenters. The number of aliphatic imine (C=N–C) groups is 1. The monoisotopic (exact) mass is 400 g/mol. The summed E-state index contributed by atoms with van der Waals surface area (Å²) in [6.07, 6.45) is 1.85. The molecule has 2 aromatic rings. The number of benzene rings is 2. The molecule has 2 aromatic carbocycles. The van der Waals surface area contributed by atoms with Crippen molar-refractivity contribution in [2.45, 2.75) is 43.8 Å². The lowest BCUT2D eigenvalue weighted by Gasteiger charge is -2.23. The molecule has 0 unspecified atom stereocenters. The van der Waals surface area contributed by atoms with Crippen LogP contribution >= 0.6 is 0 Å². The predicted octanol–water partition coefficient (Wildman–Crippen LogP) is 2.64. The summed E-state index contributed by atoms with van der Waals surface area (Å²) in [4.78, 5) is 6.73. The molecule has 0 amide bonds. The fourth-order valence-electron chi connectivity index (χ4n) is 2.96. The fraction of sp³-hybridized carbons (Fsp3) is 0.381. The number of aryl methyl sites for hydroxylation is 1. The van der Waals surface area contributed by atoms with E-state index in [0.717, 1.165) is 30.9 Å². The van der Waals surface area contributed by atoms with Crippen LogP contribution in [-0.4, -0.2) is 39.4 Å². The Morgan fingerprint density at radius 1 is 1.14 bits per heavy atom. The summed E-state index contributed by atoms with van der Waals surface area (Å²) in [6.45, 7) is 3.44. The van der Waals surface area contributed by atoms with Crippen LogP contribution in [0.25, 0.3) is 0 Å². The van der Waals surface area contributed by atoms with Crippen LogP contribution in [0.1, 0.15) is 29.5 Å². The Hall–Kier alpha value is -2.38. The van der Waals surface area contributed by atoms with E-state index in [9.17, 15) is 8.42 Å². The highest BCUT2D eigenvalue weighted by Gasteiger charge is 2.27. The van der Waals surface area contributed by atoms with Gasteiger partial charge in [0.15, 0.2) is 5.96 Å². The van der Waals surface area contributed by atoms with E-state index in [1.165, 1.54) is 11.1 Å². The zero-order chi connectivity index (χ0) is 20.1. The van der Waals surface area contributed by atoms with Crippen molar-refractivity contribution >= 4 is 16.0 Å². The molecule has 2 N–H and O–H groups in total. The molecule has 6 nitrogen and oxygen atoms in total. The Morgan fingerprint density at radius 3 is 2.43 bits per heavy atom. The number of nitrogens with zero attached hydrogens (tertiary/aromatic N) is 2. The average Bonchev–Trinajstić information content (AvgIpc) is 3.48. The number of hydrogen-bond acceptors (Lipinski definition) is 3. The molecule has 3 rings (SSSR count). The number of nitrogens with one attached hydrogen (secondary N) is 2. The molecule has 28 heavy (non-hydrogen) atoms. The lowest BCUT2D eigenvalue weighted by molar-refractivity contribution is 0.475. The third-order valence-corrected chi connectivity index (χ3v) is 6.36. The summed E-state index contributed by atoms with van der Waals surface area (Å²) in [5.41, 5.74) is 3.50.